The first-order valence-electron chi connectivity index (χ1n) is 16.2. The Bertz CT molecular complexity index is 1230. The number of rotatable bonds is 12. The molecule has 0 unspecified atom stereocenters. The van der Waals surface area contributed by atoms with E-state index in [4.69, 9.17) is 9.57 Å². The Labute approximate surface area is 252 Å². The largest absolute Gasteiger partial charge is 0.493 e. The van der Waals surface area contributed by atoms with Crippen molar-refractivity contribution >= 4 is 11.6 Å². The molecular formula is C35H50FN3O3. The highest BCUT2D eigenvalue weighted by Gasteiger charge is 2.38. The van der Waals surface area contributed by atoms with Crippen LogP contribution in [0.2, 0.25) is 0 Å². The van der Waals surface area contributed by atoms with Gasteiger partial charge in [0.2, 0.25) is 5.91 Å². The average Bonchev–Trinajstić information content (AvgIpc) is 3.67. The predicted molar refractivity (Wildman–Crippen MR) is 167 cm³/mol. The Morgan fingerprint density at radius 3 is 2.62 bits per heavy atom. The van der Waals surface area contributed by atoms with Gasteiger partial charge in [-0.3, -0.25) is 14.5 Å². The smallest absolute Gasteiger partial charge is 0.241 e. The standard InChI is InChI=1S/C35H50FN3O3/c1-6-8-29(9-7-2)39(31-11-12-32(36)25(3)20-31)34(40)24-37-23-28(26-10-13-33-27(21-26)15-19-41-33)22-30(37)14-17-38-18-16-35(4,5)42-38/h10-13,20-21,28-30H,6-9,14-19,22-24H2,1-5H3/t28-,30+/m1/s1. The molecule has 2 aromatic carbocycles. The summed E-state index contributed by atoms with van der Waals surface area (Å²) in [6.07, 6.45) is 7.83. The number of halogens is 1. The van der Waals surface area contributed by atoms with Crippen molar-refractivity contribution in [3.05, 3.63) is 58.9 Å². The molecule has 2 fully saturated rings. The SMILES string of the molecule is CCCC(CCC)N(C(=O)CN1C[C@H](c2ccc3c(c2)CCO3)C[C@@H]1CCN1CCC(C)(C)O1)c1ccc(F)c(C)c1. The Hall–Kier alpha value is -2.48. The lowest BCUT2D eigenvalue weighted by Gasteiger charge is -2.35. The number of benzene rings is 2. The lowest BCUT2D eigenvalue weighted by Crippen LogP contribution is -2.47. The van der Waals surface area contributed by atoms with Gasteiger partial charge in [-0.15, -0.1) is 0 Å². The second kappa shape index (κ2) is 13.4. The number of nitrogens with zero attached hydrogens (tertiary/aromatic N) is 3. The minimum absolute atomic E-state index is 0.103. The Kier molecular flexibility index (Phi) is 9.91. The van der Waals surface area contributed by atoms with Crippen molar-refractivity contribution in [2.75, 3.05) is 37.7 Å². The monoisotopic (exact) mass is 579 g/mol. The Morgan fingerprint density at radius 2 is 1.93 bits per heavy atom. The van der Waals surface area contributed by atoms with E-state index in [2.05, 4.69) is 55.9 Å². The Balaban J connectivity index is 1.37. The summed E-state index contributed by atoms with van der Waals surface area (Å²) >= 11 is 0. The van der Waals surface area contributed by atoms with Gasteiger partial charge in [0.15, 0.2) is 0 Å². The van der Waals surface area contributed by atoms with E-state index in [1.807, 2.05) is 11.0 Å². The molecule has 0 spiro atoms. The average molecular weight is 580 g/mol. The van der Waals surface area contributed by atoms with Crippen LogP contribution < -0.4 is 9.64 Å². The molecule has 0 saturated carbocycles. The normalized spacial score (nSPS) is 22.1. The van der Waals surface area contributed by atoms with Crippen LogP contribution in [0.25, 0.3) is 0 Å². The van der Waals surface area contributed by atoms with E-state index in [1.165, 1.54) is 17.2 Å². The lowest BCUT2D eigenvalue weighted by atomic mass is 9.93. The minimum Gasteiger partial charge on any atom is -0.493 e. The molecule has 3 heterocycles. The van der Waals surface area contributed by atoms with Gasteiger partial charge in [-0.05, 0) is 99.7 Å². The van der Waals surface area contributed by atoms with Gasteiger partial charge in [0.25, 0.3) is 0 Å². The van der Waals surface area contributed by atoms with Crippen molar-refractivity contribution < 1.29 is 18.8 Å². The highest BCUT2D eigenvalue weighted by molar-refractivity contribution is 5.95. The zero-order valence-electron chi connectivity index (χ0n) is 26.3. The molecule has 0 aromatic heterocycles. The number of fused-ring (bicyclic) bond motifs is 1. The van der Waals surface area contributed by atoms with Gasteiger partial charge >= 0.3 is 0 Å². The van der Waals surface area contributed by atoms with Crippen molar-refractivity contribution in [1.82, 2.24) is 9.96 Å². The number of hydroxylamine groups is 2. The first kappa shape index (κ1) is 31.0. The van der Waals surface area contributed by atoms with Crippen LogP contribution in [0.15, 0.2) is 36.4 Å². The molecule has 3 aliphatic heterocycles. The molecule has 3 aliphatic rings. The number of carbonyl (C=O) groups is 1. The summed E-state index contributed by atoms with van der Waals surface area (Å²) in [5.74, 6) is 1.26. The number of hydrogen-bond donors (Lipinski definition) is 0. The van der Waals surface area contributed by atoms with Crippen LogP contribution >= 0.6 is 0 Å². The molecule has 42 heavy (non-hydrogen) atoms. The molecule has 0 aliphatic carbocycles. The van der Waals surface area contributed by atoms with Crippen molar-refractivity contribution in [1.29, 1.82) is 0 Å². The maximum Gasteiger partial charge on any atom is 0.241 e. The second-order valence-electron chi connectivity index (χ2n) is 13.2. The molecule has 2 saturated heterocycles. The lowest BCUT2D eigenvalue weighted by molar-refractivity contribution is -0.181. The quantitative estimate of drug-likeness (QED) is 0.270. The highest BCUT2D eigenvalue weighted by Crippen LogP contribution is 2.37. The number of hydrogen-bond acceptors (Lipinski definition) is 5. The number of anilines is 1. The first-order valence-corrected chi connectivity index (χ1v) is 16.2. The molecule has 6 nitrogen and oxygen atoms in total. The molecule has 5 rings (SSSR count). The van der Waals surface area contributed by atoms with Crippen molar-refractivity contribution in [2.24, 2.45) is 0 Å². The molecule has 1 amide bonds. The van der Waals surface area contributed by atoms with Gasteiger partial charge < -0.3 is 9.64 Å². The molecule has 0 radical (unpaired) electrons. The van der Waals surface area contributed by atoms with Crippen molar-refractivity contribution in [2.45, 2.75) is 110 Å². The van der Waals surface area contributed by atoms with Crippen LogP contribution in [0.4, 0.5) is 10.1 Å². The van der Waals surface area contributed by atoms with Crippen LogP contribution in [-0.4, -0.2) is 66.3 Å². The summed E-state index contributed by atoms with van der Waals surface area (Å²) in [5, 5.41) is 2.12. The molecule has 0 bridgehead atoms. The summed E-state index contributed by atoms with van der Waals surface area (Å²) in [7, 11) is 0. The van der Waals surface area contributed by atoms with Crippen LogP contribution in [0.1, 0.15) is 95.2 Å². The maximum absolute atomic E-state index is 14.3. The fourth-order valence-electron chi connectivity index (χ4n) is 7.12. The second-order valence-corrected chi connectivity index (χ2v) is 13.2. The first-order chi connectivity index (χ1) is 20.2. The topological polar surface area (TPSA) is 45.2 Å². The molecule has 2 aromatic rings. The van der Waals surface area contributed by atoms with E-state index in [-0.39, 0.29) is 29.4 Å². The number of likely N-dealkylation sites (tertiary alicyclic amines) is 1. The Morgan fingerprint density at radius 1 is 1.14 bits per heavy atom. The van der Waals surface area contributed by atoms with Crippen LogP contribution in [0.5, 0.6) is 5.75 Å². The predicted octanol–water partition coefficient (Wildman–Crippen LogP) is 7.03. The highest BCUT2D eigenvalue weighted by atomic mass is 19.1. The van der Waals surface area contributed by atoms with Crippen LogP contribution in [-0.2, 0) is 16.1 Å². The third kappa shape index (κ3) is 7.17. The van der Waals surface area contributed by atoms with Crippen LogP contribution in [0.3, 0.4) is 0 Å². The van der Waals surface area contributed by atoms with Gasteiger partial charge in [0.1, 0.15) is 11.6 Å². The number of carbonyl (C=O) groups excluding carboxylic acids is 1. The fraction of sp³-hybridized carbons (Fsp3) is 0.629. The maximum atomic E-state index is 14.3. The van der Waals surface area contributed by atoms with E-state index in [9.17, 15) is 9.18 Å². The van der Waals surface area contributed by atoms with Gasteiger partial charge in [0, 0.05) is 43.8 Å². The summed E-state index contributed by atoms with van der Waals surface area (Å²) in [4.78, 5) is 24.9. The summed E-state index contributed by atoms with van der Waals surface area (Å²) in [6.45, 7) is 14.2. The molecule has 2 atom stereocenters. The zero-order valence-corrected chi connectivity index (χ0v) is 26.3. The minimum atomic E-state index is -0.233. The molecular weight excluding hydrogens is 529 g/mol. The van der Waals surface area contributed by atoms with E-state index in [0.717, 1.165) is 89.0 Å². The van der Waals surface area contributed by atoms with E-state index in [1.54, 1.807) is 13.0 Å². The van der Waals surface area contributed by atoms with E-state index in [0.29, 0.717) is 18.0 Å². The van der Waals surface area contributed by atoms with Crippen molar-refractivity contribution in [3.63, 3.8) is 0 Å². The summed E-state index contributed by atoms with van der Waals surface area (Å²) in [6, 6.07) is 12.2. The van der Waals surface area contributed by atoms with E-state index >= 15 is 0 Å². The van der Waals surface area contributed by atoms with Gasteiger partial charge in [-0.2, -0.15) is 5.06 Å². The van der Waals surface area contributed by atoms with E-state index < -0.39 is 0 Å². The number of ether oxygens (including phenoxy) is 1. The number of aryl methyl sites for hydroxylation is 1. The zero-order chi connectivity index (χ0) is 29.9. The summed E-state index contributed by atoms with van der Waals surface area (Å²) < 4.78 is 20.0. The third-order valence-corrected chi connectivity index (χ3v) is 9.40. The van der Waals surface area contributed by atoms with Crippen LogP contribution in [0, 0.1) is 12.7 Å². The molecule has 7 heteroatoms. The van der Waals surface area contributed by atoms with Gasteiger partial charge in [0.05, 0.1) is 18.8 Å². The van der Waals surface area contributed by atoms with Gasteiger partial charge in [-0.1, -0.05) is 38.8 Å². The third-order valence-electron chi connectivity index (χ3n) is 9.40. The van der Waals surface area contributed by atoms with Gasteiger partial charge in [-0.25, -0.2) is 4.39 Å². The molecule has 0 N–H and O–H groups in total. The van der Waals surface area contributed by atoms with Crippen molar-refractivity contribution in [3.8, 4) is 5.75 Å². The fourth-order valence-corrected chi connectivity index (χ4v) is 7.12. The summed E-state index contributed by atoms with van der Waals surface area (Å²) in [5.41, 5.74) is 3.92. The molecule has 230 valence electrons. The number of amides is 1.